The van der Waals surface area contributed by atoms with Crippen LogP contribution in [0.2, 0.25) is 0 Å². The first-order valence-corrected chi connectivity index (χ1v) is 9.66. The molecule has 0 radical (unpaired) electrons. The molecule has 0 aromatic heterocycles. The molecule has 5 atom stereocenters. The van der Waals surface area contributed by atoms with Crippen LogP contribution in [0.1, 0.15) is 46.5 Å². The molecule has 0 spiro atoms. The van der Waals surface area contributed by atoms with Gasteiger partial charge in [0.2, 0.25) is 0 Å². The zero-order valence-corrected chi connectivity index (χ0v) is 16.7. The first-order valence-electron chi connectivity index (χ1n) is 8.75. The van der Waals surface area contributed by atoms with E-state index in [1.165, 1.54) is 6.92 Å². The summed E-state index contributed by atoms with van der Waals surface area (Å²) in [7, 11) is 0. The Morgan fingerprint density at radius 3 is 2.32 bits per heavy atom. The highest BCUT2D eigenvalue weighted by Gasteiger charge is 2.46. The predicted octanol–water partition coefficient (Wildman–Crippen LogP) is 3.72. The van der Waals surface area contributed by atoms with Crippen LogP contribution in [0.4, 0.5) is 0 Å². The number of carbonyl (C=O) groups is 1. The van der Waals surface area contributed by atoms with Crippen molar-refractivity contribution in [3.63, 3.8) is 0 Å². The Morgan fingerprint density at radius 2 is 1.80 bits per heavy atom. The number of hydrogen-bond donors (Lipinski definition) is 0. The van der Waals surface area contributed by atoms with Crippen molar-refractivity contribution < 1.29 is 23.7 Å². The molecule has 0 saturated carbocycles. The molecule has 25 heavy (non-hydrogen) atoms. The summed E-state index contributed by atoms with van der Waals surface area (Å²) in [6, 6.07) is -0.568. The SMILES string of the molecule is CCCCOC1C(N=[N+]=[N-])[C@@H](Br)OC(COC(C)=O)[C@H]1OCCCC. The van der Waals surface area contributed by atoms with Crippen LogP contribution in [0.15, 0.2) is 5.11 Å². The van der Waals surface area contributed by atoms with Crippen LogP contribution in [0.25, 0.3) is 10.4 Å². The lowest BCUT2D eigenvalue weighted by molar-refractivity contribution is -0.204. The van der Waals surface area contributed by atoms with Gasteiger partial charge in [0.25, 0.3) is 0 Å². The molecule has 0 aromatic carbocycles. The molecular formula is C16H28BrN3O5. The Kier molecular flexibility index (Phi) is 11.1. The lowest BCUT2D eigenvalue weighted by Gasteiger charge is -2.43. The zero-order chi connectivity index (χ0) is 18.7. The summed E-state index contributed by atoms with van der Waals surface area (Å²) >= 11 is 3.40. The maximum absolute atomic E-state index is 11.2. The molecule has 9 heteroatoms. The molecule has 1 saturated heterocycles. The zero-order valence-electron chi connectivity index (χ0n) is 15.1. The average molecular weight is 422 g/mol. The van der Waals surface area contributed by atoms with Crippen molar-refractivity contribution in [2.75, 3.05) is 19.8 Å². The van der Waals surface area contributed by atoms with Gasteiger partial charge in [-0.15, -0.1) is 0 Å². The minimum Gasteiger partial charge on any atom is -0.463 e. The van der Waals surface area contributed by atoms with Gasteiger partial charge in [0.15, 0.2) is 0 Å². The van der Waals surface area contributed by atoms with E-state index in [1.807, 2.05) is 0 Å². The van der Waals surface area contributed by atoms with E-state index < -0.39 is 29.4 Å². The fourth-order valence-corrected chi connectivity index (χ4v) is 3.20. The van der Waals surface area contributed by atoms with Crippen molar-refractivity contribution in [1.29, 1.82) is 0 Å². The Bertz CT molecular complexity index is 447. The molecule has 0 N–H and O–H groups in total. The Hall–Kier alpha value is -0.860. The van der Waals surface area contributed by atoms with Gasteiger partial charge in [-0.2, -0.15) is 0 Å². The number of nitrogens with zero attached hydrogens (tertiary/aromatic N) is 3. The number of ether oxygens (including phenoxy) is 4. The van der Waals surface area contributed by atoms with Gasteiger partial charge in [-0.05, 0) is 18.4 Å². The van der Waals surface area contributed by atoms with Crippen LogP contribution >= 0.6 is 15.9 Å². The van der Waals surface area contributed by atoms with Gasteiger partial charge >= 0.3 is 5.97 Å². The van der Waals surface area contributed by atoms with Gasteiger partial charge in [-0.3, -0.25) is 4.79 Å². The first-order chi connectivity index (χ1) is 12.0. The van der Waals surface area contributed by atoms with E-state index in [-0.39, 0.29) is 12.6 Å². The van der Waals surface area contributed by atoms with Crippen LogP contribution in [0, 0.1) is 0 Å². The smallest absolute Gasteiger partial charge is 0.302 e. The fraction of sp³-hybridized carbons (Fsp3) is 0.938. The minimum absolute atomic E-state index is 0.0604. The number of alkyl halides is 1. The molecule has 1 heterocycles. The summed E-state index contributed by atoms with van der Waals surface area (Å²) in [5.74, 6) is -0.386. The Balaban J connectivity index is 2.95. The first kappa shape index (κ1) is 22.2. The molecule has 0 amide bonds. The van der Waals surface area contributed by atoms with Crippen molar-refractivity contribution >= 4 is 21.9 Å². The third-order valence-electron chi connectivity index (χ3n) is 3.85. The average Bonchev–Trinajstić information content (AvgIpc) is 2.58. The third kappa shape index (κ3) is 7.50. The van der Waals surface area contributed by atoms with E-state index >= 15 is 0 Å². The number of carbonyl (C=O) groups excluding carboxylic acids is 1. The van der Waals surface area contributed by atoms with Crippen molar-refractivity contribution in [3.8, 4) is 0 Å². The maximum Gasteiger partial charge on any atom is 0.302 e. The Morgan fingerprint density at radius 1 is 1.20 bits per heavy atom. The second-order valence-electron chi connectivity index (χ2n) is 5.90. The van der Waals surface area contributed by atoms with Crippen molar-refractivity contribution in [2.45, 2.75) is 75.8 Å². The van der Waals surface area contributed by atoms with Crippen LogP contribution in [0.5, 0.6) is 0 Å². The molecule has 1 aliphatic rings. The van der Waals surface area contributed by atoms with E-state index in [4.69, 9.17) is 24.5 Å². The van der Waals surface area contributed by atoms with E-state index in [0.29, 0.717) is 13.2 Å². The predicted molar refractivity (Wildman–Crippen MR) is 96.5 cm³/mol. The number of azide groups is 1. The minimum atomic E-state index is -0.568. The summed E-state index contributed by atoms with van der Waals surface area (Å²) in [5.41, 5.74) is 8.88. The third-order valence-corrected chi connectivity index (χ3v) is 4.61. The molecule has 0 aliphatic carbocycles. The standard InChI is InChI=1S/C16H28BrN3O5/c1-4-6-8-22-14-12(10-24-11(3)21)25-16(17)13(19-20-18)15(14)23-9-7-5-2/h12-16H,4-10H2,1-3H3/t12?,13?,14-,15?,16+/m1/s1. The highest BCUT2D eigenvalue weighted by molar-refractivity contribution is 9.09. The molecule has 0 bridgehead atoms. The van der Waals surface area contributed by atoms with Crippen LogP contribution in [-0.4, -0.2) is 55.2 Å². The van der Waals surface area contributed by atoms with E-state index in [0.717, 1.165) is 25.7 Å². The van der Waals surface area contributed by atoms with Gasteiger partial charge in [-0.1, -0.05) is 47.7 Å². The summed E-state index contributed by atoms with van der Waals surface area (Å²) in [5, 5.41) is 3.29. The quantitative estimate of drug-likeness (QED) is 0.126. The Labute approximate surface area is 157 Å². The molecular weight excluding hydrogens is 394 g/mol. The summed E-state index contributed by atoms with van der Waals surface area (Å²) in [4.78, 5) is 14.1. The summed E-state index contributed by atoms with van der Waals surface area (Å²) < 4.78 is 23.0. The van der Waals surface area contributed by atoms with Crippen LogP contribution in [-0.2, 0) is 23.7 Å². The molecule has 3 unspecified atom stereocenters. The number of hydrogen-bond acceptors (Lipinski definition) is 6. The molecule has 8 nitrogen and oxygen atoms in total. The molecule has 1 fully saturated rings. The van der Waals surface area contributed by atoms with Gasteiger partial charge in [0.1, 0.15) is 29.9 Å². The molecule has 144 valence electrons. The fourth-order valence-electron chi connectivity index (χ4n) is 2.51. The van der Waals surface area contributed by atoms with Gasteiger partial charge < -0.3 is 18.9 Å². The summed E-state index contributed by atoms with van der Waals surface area (Å²) in [6.45, 7) is 6.62. The topological polar surface area (TPSA) is 103 Å². The van der Waals surface area contributed by atoms with Crippen molar-refractivity contribution in [1.82, 2.24) is 0 Å². The van der Waals surface area contributed by atoms with Crippen molar-refractivity contribution in [2.24, 2.45) is 5.11 Å². The normalized spacial score (nSPS) is 29.0. The second kappa shape index (κ2) is 12.5. The molecule has 0 aromatic rings. The maximum atomic E-state index is 11.2. The van der Waals surface area contributed by atoms with Crippen LogP contribution in [0.3, 0.4) is 0 Å². The monoisotopic (exact) mass is 421 g/mol. The van der Waals surface area contributed by atoms with Crippen LogP contribution < -0.4 is 0 Å². The second-order valence-corrected chi connectivity index (χ2v) is 6.80. The lowest BCUT2D eigenvalue weighted by atomic mass is 9.98. The molecule has 1 rings (SSSR count). The van der Waals surface area contributed by atoms with E-state index in [9.17, 15) is 4.79 Å². The highest BCUT2D eigenvalue weighted by atomic mass is 79.9. The number of esters is 1. The summed E-state index contributed by atoms with van der Waals surface area (Å²) in [6.07, 6.45) is 2.31. The van der Waals surface area contributed by atoms with E-state index in [1.54, 1.807) is 0 Å². The number of halogens is 1. The molecule has 1 aliphatic heterocycles. The number of unbranched alkanes of at least 4 members (excludes halogenated alkanes) is 2. The number of rotatable bonds is 11. The highest BCUT2D eigenvalue weighted by Crippen LogP contribution is 2.31. The largest absolute Gasteiger partial charge is 0.463 e. The van der Waals surface area contributed by atoms with Crippen molar-refractivity contribution in [3.05, 3.63) is 10.4 Å². The lowest BCUT2D eigenvalue weighted by Crippen LogP contribution is -2.58. The van der Waals surface area contributed by atoms with Gasteiger partial charge in [-0.25, -0.2) is 0 Å². The van der Waals surface area contributed by atoms with Gasteiger partial charge in [0, 0.05) is 25.0 Å². The van der Waals surface area contributed by atoms with Gasteiger partial charge in [0.05, 0.1) is 6.10 Å². The van der Waals surface area contributed by atoms with E-state index in [2.05, 4.69) is 39.8 Å².